The largest absolute Gasteiger partial charge is 0.497 e. The molecule has 0 aliphatic carbocycles. The molecular formula is C22H14BrF3N2OS. The van der Waals surface area contributed by atoms with Crippen LogP contribution in [0.5, 0.6) is 5.75 Å². The van der Waals surface area contributed by atoms with Gasteiger partial charge in [0, 0.05) is 21.0 Å². The summed E-state index contributed by atoms with van der Waals surface area (Å²) in [6.45, 7) is 0. The zero-order valence-electron chi connectivity index (χ0n) is 15.6. The number of ether oxygens (including phenoxy) is 1. The monoisotopic (exact) mass is 490 g/mol. The molecule has 0 unspecified atom stereocenters. The molecule has 4 rings (SSSR count). The molecule has 0 saturated carbocycles. The summed E-state index contributed by atoms with van der Waals surface area (Å²) < 4.78 is 45.0. The van der Waals surface area contributed by atoms with Gasteiger partial charge in [0.05, 0.1) is 28.9 Å². The quantitative estimate of drug-likeness (QED) is 0.300. The van der Waals surface area contributed by atoms with Crippen LogP contribution in [0.4, 0.5) is 13.2 Å². The maximum absolute atomic E-state index is 12.9. The van der Waals surface area contributed by atoms with Gasteiger partial charge < -0.3 is 4.74 Å². The Bertz CT molecular complexity index is 1190. The fourth-order valence-corrected chi connectivity index (χ4v) is 4.28. The molecule has 0 aliphatic rings. The Labute approximate surface area is 183 Å². The minimum atomic E-state index is -4.39. The van der Waals surface area contributed by atoms with Gasteiger partial charge in [0.15, 0.2) is 5.82 Å². The maximum atomic E-state index is 12.9. The molecule has 0 N–H and O–H groups in total. The first kappa shape index (κ1) is 20.6. The van der Waals surface area contributed by atoms with Crippen LogP contribution in [0.3, 0.4) is 0 Å². The lowest BCUT2D eigenvalue weighted by Crippen LogP contribution is -2.04. The van der Waals surface area contributed by atoms with Gasteiger partial charge in [0.1, 0.15) is 5.75 Å². The van der Waals surface area contributed by atoms with E-state index in [4.69, 9.17) is 4.74 Å². The molecule has 2 aromatic heterocycles. The Morgan fingerprint density at radius 2 is 1.63 bits per heavy atom. The minimum Gasteiger partial charge on any atom is -0.497 e. The van der Waals surface area contributed by atoms with Crippen molar-refractivity contribution in [3.63, 3.8) is 0 Å². The van der Waals surface area contributed by atoms with Crippen molar-refractivity contribution in [2.45, 2.75) is 6.18 Å². The van der Waals surface area contributed by atoms with Gasteiger partial charge in [-0.1, -0.05) is 24.3 Å². The highest BCUT2D eigenvalue weighted by Gasteiger charge is 2.30. The van der Waals surface area contributed by atoms with Crippen LogP contribution in [0, 0.1) is 0 Å². The fourth-order valence-electron chi connectivity index (χ4n) is 2.89. The predicted molar refractivity (Wildman–Crippen MR) is 115 cm³/mol. The van der Waals surface area contributed by atoms with Crippen molar-refractivity contribution >= 4 is 27.3 Å². The average molecular weight is 491 g/mol. The highest BCUT2D eigenvalue weighted by molar-refractivity contribution is 9.10. The Morgan fingerprint density at radius 3 is 2.27 bits per heavy atom. The molecule has 0 fully saturated rings. The van der Waals surface area contributed by atoms with E-state index in [0.29, 0.717) is 28.5 Å². The second kappa shape index (κ2) is 8.20. The molecule has 0 spiro atoms. The number of nitrogens with zero attached hydrogens (tertiary/aromatic N) is 2. The Morgan fingerprint density at radius 1 is 0.900 bits per heavy atom. The highest BCUT2D eigenvalue weighted by atomic mass is 79.9. The first-order chi connectivity index (χ1) is 14.3. The smallest absolute Gasteiger partial charge is 0.416 e. The lowest BCUT2D eigenvalue weighted by Gasteiger charge is -2.10. The third-order valence-electron chi connectivity index (χ3n) is 4.38. The molecule has 3 nitrogen and oxygen atoms in total. The maximum Gasteiger partial charge on any atom is 0.416 e. The van der Waals surface area contributed by atoms with Crippen molar-refractivity contribution in [2.24, 2.45) is 0 Å². The van der Waals surface area contributed by atoms with Crippen LogP contribution in [0.2, 0.25) is 0 Å². The standard InChI is InChI=1S/C22H14BrF3N2OS/c1-29-17-4-2-3-14(9-17)18-11-19(20-10-16(23)12-30-20)28-21(27-18)13-5-7-15(8-6-13)22(24,25)26/h2-12H,1H3. The van der Waals surface area contributed by atoms with Gasteiger partial charge in [0.2, 0.25) is 0 Å². The Hall–Kier alpha value is -2.71. The number of alkyl halides is 3. The van der Waals surface area contributed by atoms with Crippen LogP contribution < -0.4 is 4.74 Å². The molecule has 0 atom stereocenters. The van der Waals surface area contributed by atoms with Crippen molar-refractivity contribution in [2.75, 3.05) is 7.11 Å². The topological polar surface area (TPSA) is 35.0 Å². The summed E-state index contributed by atoms with van der Waals surface area (Å²) in [5.41, 5.74) is 1.95. The average Bonchev–Trinajstić information content (AvgIpc) is 3.19. The van der Waals surface area contributed by atoms with E-state index in [1.165, 1.54) is 23.5 Å². The molecule has 152 valence electrons. The van der Waals surface area contributed by atoms with Gasteiger partial charge in [-0.25, -0.2) is 9.97 Å². The molecule has 8 heteroatoms. The number of hydrogen-bond acceptors (Lipinski definition) is 4. The van der Waals surface area contributed by atoms with Crippen LogP contribution >= 0.6 is 27.3 Å². The third kappa shape index (κ3) is 4.39. The zero-order chi connectivity index (χ0) is 21.3. The summed E-state index contributed by atoms with van der Waals surface area (Å²) in [6.07, 6.45) is -4.39. The fraction of sp³-hybridized carbons (Fsp3) is 0.0909. The van der Waals surface area contributed by atoms with E-state index in [1.54, 1.807) is 7.11 Å². The summed E-state index contributed by atoms with van der Waals surface area (Å²) in [7, 11) is 1.58. The van der Waals surface area contributed by atoms with E-state index in [1.807, 2.05) is 41.8 Å². The molecule has 30 heavy (non-hydrogen) atoms. The van der Waals surface area contributed by atoms with E-state index >= 15 is 0 Å². The van der Waals surface area contributed by atoms with Crippen LogP contribution in [0.1, 0.15) is 5.56 Å². The molecule has 0 saturated heterocycles. The molecule has 0 radical (unpaired) electrons. The van der Waals surface area contributed by atoms with Crippen molar-refractivity contribution in [1.82, 2.24) is 9.97 Å². The zero-order valence-corrected chi connectivity index (χ0v) is 18.0. The van der Waals surface area contributed by atoms with E-state index in [-0.39, 0.29) is 0 Å². The molecule has 4 aromatic rings. The summed E-state index contributed by atoms with van der Waals surface area (Å²) in [5.74, 6) is 1.03. The highest BCUT2D eigenvalue weighted by Crippen LogP contribution is 2.34. The lowest BCUT2D eigenvalue weighted by molar-refractivity contribution is -0.137. The van der Waals surface area contributed by atoms with Gasteiger partial charge in [-0.05, 0) is 52.3 Å². The Kier molecular flexibility index (Phi) is 5.62. The van der Waals surface area contributed by atoms with E-state index in [9.17, 15) is 13.2 Å². The molecule has 2 aromatic carbocycles. The summed E-state index contributed by atoms with van der Waals surface area (Å²) >= 11 is 4.96. The van der Waals surface area contributed by atoms with E-state index in [2.05, 4.69) is 25.9 Å². The number of benzene rings is 2. The Balaban J connectivity index is 1.85. The van der Waals surface area contributed by atoms with Gasteiger partial charge in [0.25, 0.3) is 0 Å². The number of aromatic nitrogens is 2. The number of hydrogen-bond donors (Lipinski definition) is 0. The SMILES string of the molecule is COc1cccc(-c2cc(-c3cc(Br)cs3)nc(-c3ccc(C(F)(F)F)cc3)n2)c1. The normalized spacial score (nSPS) is 11.5. The van der Waals surface area contributed by atoms with Crippen molar-refractivity contribution in [3.8, 4) is 39.0 Å². The molecule has 0 aliphatic heterocycles. The molecule has 2 heterocycles. The number of halogens is 4. The second-order valence-corrected chi connectivity index (χ2v) is 8.23. The number of thiophene rings is 1. The lowest BCUT2D eigenvalue weighted by atomic mass is 10.1. The molecule has 0 bridgehead atoms. The molecular weight excluding hydrogens is 477 g/mol. The van der Waals surface area contributed by atoms with Gasteiger partial charge in [-0.3, -0.25) is 0 Å². The van der Waals surface area contributed by atoms with Crippen LogP contribution in [0.25, 0.3) is 33.2 Å². The van der Waals surface area contributed by atoms with Crippen molar-refractivity contribution < 1.29 is 17.9 Å². The predicted octanol–water partition coefficient (Wildman–Crippen LogP) is 7.33. The van der Waals surface area contributed by atoms with Crippen LogP contribution in [0.15, 0.2) is 70.5 Å². The van der Waals surface area contributed by atoms with Gasteiger partial charge >= 0.3 is 6.18 Å². The first-order valence-electron chi connectivity index (χ1n) is 8.79. The summed E-state index contributed by atoms with van der Waals surface area (Å²) in [4.78, 5) is 10.1. The minimum absolute atomic E-state index is 0.351. The van der Waals surface area contributed by atoms with E-state index < -0.39 is 11.7 Å². The van der Waals surface area contributed by atoms with Crippen molar-refractivity contribution in [1.29, 1.82) is 0 Å². The summed E-state index contributed by atoms with van der Waals surface area (Å²) in [6, 6.07) is 16.1. The molecule has 0 amide bonds. The first-order valence-corrected chi connectivity index (χ1v) is 10.5. The van der Waals surface area contributed by atoms with Crippen LogP contribution in [-0.2, 0) is 6.18 Å². The number of methoxy groups -OCH3 is 1. The number of rotatable bonds is 4. The van der Waals surface area contributed by atoms with Crippen LogP contribution in [-0.4, -0.2) is 17.1 Å². The summed E-state index contributed by atoms with van der Waals surface area (Å²) in [5, 5.41) is 1.94. The van der Waals surface area contributed by atoms with Gasteiger partial charge in [-0.2, -0.15) is 13.2 Å². The van der Waals surface area contributed by atoms with Gasteiger partial charge in [-0.15, -0.1) is 11.3 Å². The van der Waals surface area contributed by atoms with Crippen molar-refractivity contribution in [3.05, 3.63) is 76.1 Å². The third-order valence-corrected chi connectivity index (χ3v) is 6.10. The second-order valence-electron chi connectivity index (χ2n) is 6.40. The van der Waals surface area contributed by atoms with E-state index in [0.717, 1.165) is 27.0 Å².